The molecule has 2 heteroatoms. The van der Waals surface area contributed by atoms with Crippen LogP contribution in [0.5, 0.6) is 0 Å². The predicted molar refractivity (Wildman–Crippen MR) is 90.1 cm³/mol. The molecule has 0 amide bonds. The van der Waals surface area contributed by atoms with Crippen molar-refractivity contribution in [2.75, 3.05) is 0 Å². The average Bonchev–Trinajstić information content (AvgIpc) is 2.48. The van der Waals surface area contributed by atoms with Crippen LogP contribution in [0.2, 0.25) is 0 Å². The van der Waals surface area contributed by atoms with Crippen molar-refractivity contribution in [1.29, 1.82) is 0 Å². The van der Waals surface area contributed by atoms with Gasteiger partial charge in [0, 0.05) is 15.2 Å². The monoisotopic (exact) mass is 357 g/mol. The minimum atomic E-state index is 1.02. The Morgan fingerprint density at radius 1 is 0.895 bits per heavy atom. The van der Waals surface area contributed by atoms with Gasteiger partial charge in [-0.1, -0.05) is 54.6 Å². The molecule has 0 atom stereocenters. The van der Waals surface area contributed by atoms with Crippen LogP contribution in [0, 0.1) is 0 Å². The minimum absolute atomic E-state index is 1.02. The molecule has 0 aliphatic rings. The summed E-state index contributed by atoms with van der Waals surface area (Å²) in [7, 11) is 0. The Hall–Kier alpha value is -1.68. The van der Waals surface area contributed by atoms with Crippen molar-refractivity contribution in [1.82, 2.24) is 4.98 Å². The lowest BCUT2D eigenvalue weighted by Crippen LogP contribution is -1.84. The Kier molecular flexibility index (Phi) is 3.60. The van der Waals surface area contributed by atoms with E-state index in [0.29, 0.717) is 0 Å². The SMILES string of the molecule is I/C(=C\c1nccc2ccccc12)c1ccccc1. The first-order chi connectivity index (χ1) is 9.34. The second kappa shape index (κ2) is 5.53. The third kappa shape index (κ3) is 2.68. The fourth-order valence-electron chi connectivity index (χ4n) is 2.06. The van der Waals surface area contributed by atoms with Crippen LogP contribution in [0.15, 0.2) is 66.9 Å². The molecule has 0 saturated heterocycles. The van der Waals surface area contributed by atoms with Gasteiger partial charge in [-0.2, -0.15) is 0 Å². The highest BCUT2D eigenvalue weighted by molar-refractivity contribution is 14.1. The van der Waals surface area contributed by atoms with Gasteiger partial charge in [0.1, 0.15) is 0 Å². The number of nitrogens with zero attached hydrogens (tertiary/aromatic N) is 1. The molecule has 0 bridgehead atoms. The van der Waals surface area contributed by atoms with E-state index >= 15 is 0 Å². The third-order valence-corrected chi connectivity index (χ3v) is 3.95. The predicted octanol–water partition coefficient (Wildman–Crippen LogP) is 5.17. The maximum Gasteiger partial charge on any atom is 0.0718 e. The summed E-state index contributed by atoms with van der Waals surface area (Å²) >= 11 is 2.36. The van der Waals surface area contributed by atoms with E-state index < -0.39 is 0 Å². The van der Waals surface area contributed by atoms with Gasteiger partial charge in [-0.05, 0) is 45.7 Å². The molecule has 0 unspecified atom stereocenters. The zero-order chi connectivity index (χ0) is 13.1. The van der Waals surface area contributed by atoms with Crippen molar-refractivity contribution >= 4 is 43.0 Å². The first kappa shape index (κ1) is 12.4. The Morgan fingerprint density at radius 2 is 1.63 bits per heavy atom. The smallest absolute Gasteiger partial charge is 0.0718 e. The van der Waals surface area contributed by atoms with Gasteiger partial charge in [0.2, 0.25) is 0 Å². The second-order valence-electron chi connectivity index (χ2n) is 4.28. The van der Waals surface area contributed by atoms with Gasteiger partial charge in [-0.25, -0.2) is 0 Å². The highest BCUT2D eigenvalue weighted by atomic mass is 127. The summed E-state index contributed by atoms with van der Waals surface area (Å²) in [5, 5.41) is 2.41. The summed E-state index contributed by atoms with van der Waals surface area (Å²) in [4.78, 5) is 4.49. The minimum Gasteiger partial charge on any atom is -0.256 e. The molecule has 0 aliphatic carbocycles. The Balaban J connectivity index is 2.11. The number of pyridine rings is 1. The third-order valence-electron chi connectivity index (χ3n) is 3.02. The number of hydrogen-bond acceptors (Lipinski definition) is 1. The number of aromatic nitrogens is 1. The molecule has 1 heterocycles. The van der Waals surface area contributed by atoms with E-state index in [0.717, 1.165) is 5.69 Å². The molecule has 1 nitrogen and oxygen atoms in total. The maximum absolute atomic E-state index is 4.49. The van der Waals surface area contributed by atoms with E-state index in [4.69, 9.17) is 0 Å². The lowest BCUT2D eigenvalue weighted by Gasteiger charge is -2.03. The molecule has 92 valence electrons. The van der Waals surface area contributed by atoms with Crippen LogP contribution in [0.3, 0.4) is 0 Å². The van der Waals surface area contributed by atoms with Crippen LogP contribution in [0.25, 0.3) is 20.4 Å². The van der Waals surface area contributed by atoms with Crippen LogP contribution in [-0.4, -0.2) is 4.98 Å². The van der Waals surface area contributed by atoms with E-state index in [-0.39, 0.29) is 0 Å². The topological polar surface area (TPSA) is 12.9 Å². The van der Waals surface area contributed by atoms with Crippen molar-refractivity contribution in [3.63, 3.8) is 0 Å². The zero-order valence-corrected chi connectivity index (χ0v) is 12.4. The van der Waals surface area contributed by atoms with E-state index in [1.54, 1.807) is 0 Å². The lowest BCUT2D eigenvalue weighted by atomic mass is 10.1. The summed E-state index contributed by atoms with van der Waals surface area (Å²) in [6.45, 7) is 0. The largest absolute Gasteiger partial charge is 0.256 e. The first-order valence-corrected chi connectivity index (χ1v) is 7.19. The van der Waals surface area contributed by atoms with Gasteiger partial charge in [-0.3, -0.25) is 4.98 Å². The summed E-state index contributed by atoms with van der Waals surface area (Å²) in [6, 6.07) is 20.7. The molecule has 1 aromatic heterocycles. The molecule has 3 aromatic rings. The molecule has 3 rings (SSSR count). The zero-order valence-electron chi connectivity index (χ0n) is 10.3. The summed E-state index contributed by atoms with van der Waals surface area (Å²) in [5.74, 6) is 0. The average molecular weight is 357 g/mol. The molecule has 0 spiro atoms. The van der Waals surface area contributed by atoms with Crippen LogP contribution < -0.4 is 0 Å². The van der Waals surface area contributed by atoms with E-state index in [2.05, 4.69) is 82.2 Å². The van der Waals surface area contributed by atoms with Crippen molar-refractivity contribution in [2.45, 2.75) is 0 Å². The Bertz CT molecular complexity index is 727. The van der Waals surface area contributed by atoms with Crippen LogP contribution in [0.4, 0.5) is 0 Å². The summed E-state index contributed by atoms with van der Waals surface area (Å²) in [6.07, 6.45) is 4.00. The number of rotatable bonds is 2. The second-order valence-corrected chi connectivity index (χ2v) is 5.44. The fourth-order valence-corrected chi connectivity index (χ4v) is 2.71. The quantitative estimate of drug-likeness (QED) is 0.577. The van der Waals surface area contributed by atoms with Gasteiger partial charge in [-0.15, -0.1) is 0 Å². The van der Waals surface area contributed by atoms with Gasteiger partial charge in [0.25, 0.3) is 0 Å². The van der Waals surface area contributed by atoms with Crippen molar-refractivity contribution in [3.8, 4) is 0 Å². The first-order valence-electron chi connectivity index (χ1n) is 6.11. The molecule has 0 N–H and O–H groups in total. The number of halogens is 1. The standard InChI is InChI=1S/C17H12IN/c18-16(14-7-2-1-3-8-14)12-17-15-9-5-4-6-13(15)10-11-19-17/h1-12H/b16-12-. The van der Waals surface area contributed by atoms with Crippen LogP contribution in [0.1, 0.15) is 11.3 Å². The summed E-state index contributed by atoms with van der Waals surface area (Å²) < 4.78 is 1.20. The Labute approximate surface area is 126 Å². The van der Waals surface area contributed by atoms with Gasteiger partial charge < -0.3 is 0 Å². The maximum atomic E-state index is 4.49. The fraction of sp³-hybridized carbons (Fsp3) is 0. The van der Waals surface area contributed by atoms with Crippen molar-refractivity contribution < 1.29 is 0 Å². The molecule has 0 aliphatic heterocycles. The van der Waals surface area contributed by atoms with Crippen LogP contribution in [-0.2, 0) is 0 Å². The highest BCUT2D eigenvalue weighted by Gasteiger charge is 2.01. The van der Waals surface area contributed by atoms with E-state index in [1.807, 2.05) is 18.3 Å². The number of hydrogen-bond donors (Lipinski definition) is 0. The molecule has 0 fully saturated rings. The molecule has 0 radical (unpaired) electrons. The molecular weight excluding hydrogens is 345 g/mol. The molecule has 2 aromatic carbocycles. The van der Waals surface area contributed by atoms with Crippen LogP contribution >= 0.6 is 22.6 Å². The van der Waals surface area contributed by atoms with E-state index in [1.165, 1.54) is 19.9 Å². The summed E-state index contributed by atoms with van der Waals surface area (Å²) in [5.41, 5.74) is 2.24. The van der Waals surface area contributed by atoms with Crippen molar-refractivity contribution in [2.24, 2.45) is 0 Å². The number of benzene rings is 2. The number of fused-ring (bicyclic) bond motifs is 1. The normalized spacial score (nSPS) is 11.7. The van der Waals surface area contributed by atoms with E-state index in [9.17, 15) is 0 Å². The van der Waals surface area contributed by atoms with Gasteiger partial charge in [0.15, 0.2) is 0 Å². The van der Waals surface area contributed by atoms with Crippen molar-refractivity contribution in [3.05, 3.63) is 78.1 Å². The van der Waals surface area contributed by atoms with Gasteiger partial charge in [0.05, 0.1) is 5.69 Å². The lowest BCUT2D eigenvalue weighted by molar-refractivity contribution is 1.33. The molecule has 19 heavy (non-hydrogen) atoms. The van der Waals surface area contributed by atoms with Gasteiger partial charge >= 0.3 is 0 Å². The molecular formula is C17H12IN. The molecule has 0 saturated carbocycles. The highest BCUT2D eigenvalue weighted by Crippen LogP contribution is 2.26. The Morgan fingerprint density at radius 3 is 2.47 bits per heavy atom.